The second kappa shape index (κ2) is 6.50. The van der Waals surface area contributed by atoms with Gasteiger partial charge in [-0.15, -0.1) is 0 Å². The van der Waals surface area contributed by atoms with Crippen LogP contribution in [0.4, 0.5) is 0 Å². The van der Waals surface area contributed by atoms with Gasteiger partial charge in [0, 0.05) is 38.0 Å². The van der Waals surface area contributed by atoms with Crippen molar-refractivity contribution in [2.24, 2.45) is 5.92 Å². The van der Waals surface area contributed by atoms with E-state index in [1.807, 2.05) is 0 Å². The van der Waals surface area contributed by atoms with Gasteiger partial charge in [0.1, 0.15) is 0 Å². The van der Waals surface area contributed by atoms with Crippen molar-refractivity contribution in [1.82, 2.24) is 15.1 Å². The van der Waals surface area contributed by atoms with E-state index in [1.165, 1.54) is 26.1 Å². The Morgan fingerprint density at radius 3 is 2.67 bits per heavy atom. The maximum atomic E-state index is 5.96. The minimum absolute atomic E-state index is 0.293. The summed E-state index contributed by atoms with van der Waals surface area (Å²) in [5.41, 5.74) is 0. The fraction of sp³-hybridized carbons (Fsp3) is 1.00. The van der Waals surface area contributed by atoms with Crippen LogP contribution in [0.5, 0.6) is 0 Å². The van der Waals surface area contributed by atoms with Crippen molar-refractivity contribution in [2.75, 3.05) is 54.0 Å². The largest absolute Gasteiger partial charge is 0.347 e. The molecule has 21 heavy (non-hydrogen) atoms. The summed E-state index contributed by atoms with van der Waals surface area (Å²) in [5, 5.41) is 3.51. The van der Waals surface area contributed by atoms with Gasteiger partial charge in [-0.1, -0.05) is 0 Å². The summed E-state index contributed by atoms with van der Waals surface area (Å²) in [5.74, 6) is 0.513. The summed E-state index contributed by atoms with van der Waals surface area (Å²) < 4.78 is 11.9. The molecule has 2 heterocycles. The number of ether oxygens (including phenoxy) is 2. The van der Waals surface area contributed by atoms with Crippen LogP contribution in [0.15, 0.2) is 0 Å². The smallest absolute Gasteiger partial charge is 0.170 e. The molecule has 2 aliphatic heterocycles. The number of nitrogens with zero attached hydrogens (tertiary/aromatic N) is 2. The van der Waals surface area contributed by atoms with Crippen LogP contribution in [0.3, 0.4) is 0 Å². The predicted octanol–water partition coefficient (Wildman–Crippen LogP) is 0.754. The summed E-state index contributed by atoms with van der Waals surface area (Å²) in [4.78, 5) is 5.00. The molecule has 0 aromatic heterocycles. The fourth-order valence-electron chi connectivity index (χ4n) is 4.41. The van der Waals surface area contributed by atoms with Crippen LogP contribution in [0.1, 0.15) is 25.7 Å². The van der Waals surface area contributed by atoms with Gasteiger partial charge >= 0.3 is 0 Å². The molecular weight excluding hydrogens is 266 g/mol. The Kier molecular flexibility index (Phi) is 4.86. The third-order valence-corrected chi connectivity index (χ3v) is 5.61. The van der Waals surface area contributed by atoms with Gasteiger partial charge in [0.25, 0.3) is 0 Å². The standard InChI is InChI=1S/C16H31N3O2/c1-17-14-4-6-16(20-8-9-21-16)10-15(14)19(3)12-13-5-7-18(2)11-13/h13-15,17H,4-12H2,1-3H3. The molecule has 1 saturated carbocycles. The van der Waals surface area contributed by atoms with E-state index in [1.54, 1.807) is 0 Å². The second-order valence-electron chi connectivity index (χ2n) is 7.17. The molecule has 3 fully saturated rings. The van der Waals surface area contributed by atoms with Crippen LogP contribution in [0, 0.1) is 5.92 Å². The number of likely N-dealkylation sites (N-methyl/N-ethyl adjacent to an activating group) is 2. The maximum Gasteiger partial charge on any atom is 0.170 e. The highest BCUT2D eigenvalue weighted by Crippen LogP contribution is 2.37. The van der Waals surface area contributed by atoms with Gasteiger partial charge in [-0.2, -0.15) is 0 Å². The minimum atomic E-state index is -0.293. The van der Waals surface area contributed by atoms with Crippen molar-refractivity contribution in [3.8, 4) is 0 Å². The van der Waals surface area contributed by atoms with Crippen LogP contribution in [-0.2, 0) is 9.47 Å². The highest BCUT2D eigenvalue weighted by Gasteiger charge is 2.46. The highest BCUT2D eigenvalue weighted by atomic mass is 16.7. The van der Waals surface area contributed by atoms with Crippen LogP contribution in [-0.4, -0.2) is 81.7 Å². The lowest BCUT2D eigenvalue weighted by Gasteiger charge is -2.45. The van der Waals surface area contributed by atoms with Crippen molar-refractivity contribution in [1.29, 1.82) is 0 Å². The quantitative estimate of drug-likeness (QED) is 0.829. The molecule has 5 nitrogen and oxygen atoms in total. The molecule has 1 aliphatic carbocycles. The third kappa shape index (κ3) is 3.42. The summed E-state index contributed by atoms with van der Waals surface area (Å²) in [6, 6.07) is 1.06. The van der Waals surface area contributed by atoms with Crippen LogP contribution in [0.2, 0.25) is 0 Å². The van der Waals surface area contributed by atoms with Crippen molar-refractivity contribution >= 4 is 0 Å². The molecule has 122 valence electrons. The monoisotopic (exact) mass is 297 g/mol. The molecule has 3 rings (SSSR count). The van der Waals surface area contributed by atoms with E-state index >= 15 is 0 Å². The van der Waals surface area contributed by atoms with Gasteiger partial charge < -0.3 is 24.6 Å². The summed E-state index contributed by atoms with van der Waals surface area (Å²) in [7, 11) is 6.59. The minimum Gasteiger partial charge on any atom is -0.347 e. The highest BCUT2D eigenvalue weighted by molar-refractivity contribution is 4.96. The molecule has 0 aromatic rings. The zero-order valence-electron chi connectivity index (χ0n) is 13.8. The number of hydrogen-bond donors (Lipinski definition) is 1. The van der Waals surface area contributed by atoms with E-state index < -0.39 is 0 Å². The summed E-state index contributed by atoms with van der Waals surface area (Å²) in [6.07, 6.45) is 4.48. The summed E-state index contributed by atoms with van der Waals surface area (Å²) >= 11 is 0. The third-order valence-electron chi connectivity index (χ3n) is 5.61. The van der Waals surface area contributed by atoms with Gasteiger partial charge in [0.05, 0.1) is 13.2 Å². The molecule has 0 radical (unpaired) electrons. The van der Waals surface area contributed by atoms with Crippen molar-refractivity contribution in [3.05, 3.63) is 0 Å². The van der Waals surface area contributed by atoms with Crippen LogP contribution in [0.25, 0.3) is 0 Å². The van der Waals surface area contributed by atoms with Crippen molar-refractivity contribution in [3.63, 3.8) is 0 Å². The first-order valence-electron chi connectivity index (χ1n) is 8.46. The summed E-state index contributed by atoms with van der Waals surface area (Å²) in [6.45, 7) is 5.18. The average molecular weight is 297 g/mol. The Bertz CT molecular complexity index is 346. The van der Waals surface area contributed by atoms with Crippen molar-refractivity contribution < 1.29 is 9.47 Å². The molecule has 2 saturated heterocycles. The first-order chi connectivity index (χ1) is 10.1. The Hall–Kier alpha value is -0.200. The normalized spacial score (nSPS) is 36.9. The SMILES string of the molecule is CNC1CCC2(CC1N(C)CC1CCN(C)C1)OCCO2. The zero-order valence-corrected chi connectivity index (χ0v) is 13.8. The van der Waals surface area contributed by atoms with Gasteiger partial charge in [-0.25, -0.2) is 0 Å². The Labute approximate surface area is 128 Å². The van der Waals surface area contributed by atoms with Gasteiger partial charge in [-0.05, 0) is 46.4 Å². The fourth-order valence-corrected chi connectivity index (χ4v) is 4.41. The predicted molar refractivity (Wildman–Crippen MR) is 83.4 cm³/mol. The molecule has 1 N–H and O–H groups in total. The molecular formula is C16H31N3O2. The zero-order chi connectivity index (χ0) is 14.9. The van der Waals surface area contributed by atoms with Crippen molar-refractivity contribution in [2.45, 2.75) is 43.6 Å². The van der Waals surface area contributed by atoms with E-state index in [2.05, 4.69) is 36.3 Å². The van der Waals surface area contributed by atoms with Gasteiger partial charge in [-0.3, -0.25) is 0 Å². The number of nitrogens with one attached hydrogen (secondary N) is 1. The molecule has 3 atom stereocenters. The lowest BCUT2D eigenvalue weighted by molar-refractivity contribution is -0.192. The molecule has 3 aliphatic rings. The Morgan fingerprint density at radius 1 is 1.29 bits per heavy atom. The van der Waals surface area contributed by atoms with E-state index in [0.29, 0.717) is 12.1 Å². The first kappa shape index (κ1) is 15.7. The molecule has 0 aromatic carbocycles. The molecule has 5 heteroatoms. The number of hydrogen-bond acceptors (Lipinski definition) is 5. The number of likely N-dealkylation sites (tertiary alicyclic amines) is 1. The average Bonchev–Trinajstić information content (AvgIpc) is 3.09. The van der Waals surface area contributed by atoms with E-state index in [4.69, 9.17) is 9.47 Å². The number of rotatable bonds is 4. The lowest BCUT2D eigenvalue weighted by atomic mass is 9.84. The van der Waals surface area contributed by atoms with Crippen LogP contribution >= 0.6 is 0 Å². The second-order valence-corrected chi connectivity index (χ2v) is 7.17. The first-order valence-corrected chi connectivity index (χ1v) is 8.46. The topological polar surface area (TPSA) is 37.0 Å². The van der Waals surface area contributed by atoms with E-state index in [0.717, 1.165) is 38.4 Å². The molecule has 3 unspecified atom stereocenters. The molecule has 0 amide bonds. The van der Waals surface area contributed by atoms with Crippen LogP contribution < -0.4 is 5.32 Å². The van der Waals surface area contributed by atoms with Gasteiger partial charge in [0.15, 0.2) is 5.79 Å². The Balaban J connectivity index is 1.61. The molecule has 0 bridgehead atoms. The maximum absolute atomic E-state index is 5.96. The molecule has 1 spiro atoms. The van der Waals surface area contributed by atoms with E-state index in [-0.39, 0.29) is 5.79 Å². The van der Waals surface area contributed by atoms with E-state index in [9.17, 15) is 0 Å². The van der Waals surface area contributed by atoms with Gasteiger partial charge in [0.2, 0.25) is 0 Å². The lowest BCUT2D eigenvalue weighted by Crippen LogP contribution is -2.57. The Morgan fingerprint density at radius 2 is 2.05 bits per heavy atom.